The summed E-state index contributed by atoms with van der Waals surface area (Å²) < 4.78 is 26.5. The van der Waals surface area contributed by atoms with Crippen LogP contribution in [0.2, 0.25) is 0 Å². The zero-order valence-electron chi connectivity index (χ0n) is 20.7. The summed E-state index contributed by atoms with van der Waals surface area (Å²) in [5.74, 6) is 0. The Balaban J connectivity index is 1.89. The summed E-state index contributed by atoms with van der Waals surface area (Å²) in [5, 5.41) is 0. The topological polar surface area (TPSA) is 65.0 Å². The van der Waals surface area contributed by atoms with Gasteiger partial charge in [-0.25, -0.2) is 4.57 Å². The number of hydrogen-bond acceptors (Lipinski definition) is 4. The van der Waals surface area contributed by atoms with Gasteiger partial charge in [-0.1, -0.05) is 95.6 Å². The van der Waals surface area contributed by atoms with Gasteiger partial charge < -0.3 is 9.63 Å². The summed E-state index contributed by atoms with van der Waals surface area (Å²) in [6.07, 6.45) is 26.4. The van der Waals surface area contributed by atoms with Gasteiger partial charge in [-0.3, -0.25) is 9.05 Å². The number of hydrogen-bond donors (Lipinski definition) is 1. The van der Waals surface area contributed by atoms with Gasteiger partial charge in [0.05, 0.1) is 25.9 Å². The largest absolute Gasteiger partial charge is 0.472 e. The predicted molar refractivity (Wildman–Crippen MR) is 134 cm³/mol. The highest BCUT2D eigenvalue weighted by molar-refractivity contribution is 7.47. The van der Waals surface area contributed by atoms with E-state index < -0.39 is 7.82 Å². The lowest BCUT2D eigenvalue weighted by molar-refractivity contribution is 0.0121. The van der Waals surface area contributed by atoms with Gasteiger partial charge in [0.2, 0.25) is 0 Å². The second-order valence-electron chi connectivity index (χ2n) is 9.10. The van der Waals surface area contributed by atoms with E-state index in [2.05, 4.69) is 24.4 Å². The Hall–Kier alpha value is -0.190. The van der Waals surface area contributed by atoms with Crippen LogP contribution in [0.15, 0.2) is 11.6 Å². The van der Waals surface area contributed by atoms with Crippen LogP contribution in [0.5, 0.6) is 0 Å². The molecule has 0 bridgehead atoms. The van der Waals surface area contributed by atoms with E-state index in [1.807, 2.05) is 0 Å². The summed E-state index contributed by atoms with van der Waals surface area (Å²) in [6, 6.07) is 0. The highest BCUT2D eigenvalue weighted by Crippen LogP contribution is 2.42. The number of phosphoric acid groups is 1. The first-order valence-corrected chi connectivity index (χ1v) is 14.8. The minimum absolute atomic E-state index is 0.0615. The molecule has 32 heavy (non-hydrogen) atoms. The van der Waals surface area contributed by atoms with Gasteiger partial charge in [0.25, 0.3) is 0 Å². The molecule has 1 aliphatic carbocycles. The molecule has 1 N–H and O–H groups in total. The highest BCUT2D eigenvalue weighted by Gasteiger charge is 2.21. The minimum Gasteiger partial charge on any atom is -0.376 e. The van der Waals surface area contributed by atoms with Crippen LogP contribution in [0.25, 0.3) is 0 Å². The lowest BCUT2D eigenvalue weighted by atomic mass is 9.91. The molecule has 0 aromatic rings. The predicted octanol–water partition coefficient (Wildman–Crippen LogP) is 8.32. The molecule has 1 atom stereocenters. The molecular formula is C26H50O5P. The molecule has 0 aromatic heterocycles. The maximum Gasteiger partial charge on any atom is 0.472 e. The van der Waals surface area contributed by atoms with Crippen molar-refractivity contribution in [3.8, 4) is 0 Å². The van der Waals surface area contributed by atoms with Crippen molar-refractivity contribution < 1.29 is 23.2 Å². The first-order chi connectivity index (χ1) is 15.6. The van der Waals surface area contributed by atoms with Crippen molar-refractivity contribution in [2.75, 3.05) is 19.8 Å². The van der Waals surface area contributed by atoms with Crippen LogP contribution in [0.4, 0.5) is 0 Å². The minimum atomic E-state index is -3.96. The molecule has 0 aliphatic heterocycles. The third-order valence-electron chi connectivity index (χ3n) is 6.26. The second-order valence-corrected chi connectivity index (χ2v) is 10.6. The zero-order valence-corrected chi connectivity index (χ0v) is 21.6. The van der Waals surface area contributed by atoms with Gasteiger partial charge in [-0.2, -0.15) is 0 Å². The average molecular weight is 474 g/mol. The van der Waals surface area contributed by atoms with E-state index in [1.165, 1.54) is 89.9 Å². The monoisotopic (exact) mass is 473 g/mol. The molecule has 189 valence electrons. The molecule has 0 spiro atoms. The molecule has 1 aliphatic rings. The molecule has 1 fully saturated rings. The molecule has 0 saturated heterocycles. The van der Waals surface area contributed by atoms with Crippen LogP contribution in [0.1, 0.15) is 122 Å². The van der Waals surface area contributed by atoms with Crippen LogP contribution in [-0.2, 0) is 18.3 Å². The first kappa shape index (κ1) is 29.8. The van der Waals surface area contributed by atoms with E-state index >= 15 is 0 Å². The molecule has 5 nitrogen and oxygen atoms in total. The molecule has 1 saturated carbocycles. The standard InChI is InChI=1S/C26H50O5P/c1-3-5-6-7-8-9-10-11-12-13-14-15-16-17-18-25-19-21-26(22-20-25)29-23-24-31-32(27,28)30-4-2/h18,26H,2-17,19-24H2,1H3,(H,27,28). The number of phosphoric ester groups is 1. The van der Waals surface area contributed by atoms with E-state index in [0.29, 0.717) is 6.61 Å². The molecule has 6 heteroatoms. The quantitative estimate of drug-likeness (QED) is 0.103. The summed E-state index contributed by atoms with van der Waals surface area (Å²) in [6.45, 7) is 5.93. The van der Waals surface area contributed by atoms with Crippen molar-refractivity contribution in [1.82, 2.24) is 0 Å². The normalized spacial score (nSPS) is 18.6. The fourth-order valence-electron chi connectivity index (χ4n) is 4.32. The highest BCUT2D eigenvalue weighted by atomic mass is 31.2. The Morgan fingerprint density at radius 1 is 0.875 bits per heavy atom. The maximum atomic E-state index is 11.4. The van der Waals surface area contributed by atoms with Crippen molar-refractivity contribution in [1.29, 1.82) is 0 Å². The van der Waals surface area contributed by atoms with Gasteiger partial charge in [0.1, 0.15) is 0 Å². The van der Waals surface area contributed by atoms with Crippen molar-refractivity contribution in [3.63, 3.8) is 0 Å². The number of allylic oxidation sites excluding steroid dienone is 2. The lowest BCUT2D eigenvalue weighted by Gasteiger charge is -2.24. The van der Waals surface area contributed by atoms with Gasteiger partial charge in [-0.15, -0.1) is 0 Å². The number of unbranched alkanes of at least 4 members (excludes halogenated alkanes) is 13. The fraction of sp³-hybridized carbons (Fsp3) is 0.885. The SMILES string of the molecule is [CH2]COP(=O)(O)OCCOC1CCC(=CCCCCCCCCCCCCCCC)CC1. The molecule has 0 aromatic carbocycles. The summed E-state index contributed by atoms with van der Waals surface area (Å²) >= 11 is 0. The molecule has 1 radical (unpaired) electrons. The van der Waals surface area contributed by atoms with E-state index in [0.717, 1.165) is 25.7 Å². The Morgan fingerprint density at radius 3 is 1.94 bits per heavy atom. The van der Waals surface area contributed by atoms with Gasteiger partial charge in [0, 0.05) is 0 Å². The van der Waals surface area contributed by atoms with Gasteiger partial charge in [-0.05, 0) is 45.4 Å². The smallest absolute Gasteiger partial charge is 0.376 e. The summed E-state index contributed by atoms with van der Waals surface area (Å²) in [7, 11) is -3.96. The van der Waals surface area contributed by atoms with Crippen LogP contribution in [0, 0.1) is 6.92 Å². The van der Waals surface area contributed by atoms with Crippen molar-refractivity contribution in [2.24, 2.45) is 0 Å². The van der Waals surface area contributed by atoms with E-state index in [4.69, 9.17) is 9.26 Å². The summed E-state index contributed by atoms with van der Waals surface area (Å²) in [5.41, 5.74) is 1.57. The number of rotatable bonds is 21. The lowest BCUT2D eigenvalue weighted by Crippen LogP contribution is -2.20. The van der Waals surface area contributed by atoms with E-state index in [1.54, 1.807) is 5.57 Å². The van der Waals surface area contributed by atoms with Crippen LogP contribution >= 0.6 is 7.82 Å². The van der Waals surface area contributed by atoms with Crippen molar-refractivity contribution in [2.45, 2.75) is 129 Å². The third-order valence-corrected chi connectivity index (χ3v) is 7.28. The Morgan fingerprint density at radius 2 is 1.41 bits per heavy atom. The first-order valence-electron chi connectivity index (χ1n) is 13.3. The second kappa shape index (κ2) is 20.2. The zero-order chi connectivity index (χ0) is 23.3. The Kier molecular flexibility index (Phi) is 18.8. The average Bonchev–Trinajstić information content (AvgIpc) is 2.78. The fourth-order valence-corrected chi connectivity index (χ4v) is 4.93. The molecule has 1 rings (SSSR count). The maximum absolute atomic E-state index is 11.4. The van der Waals surface area contributed by atoms with E-state index in [9.17, 15) is 9.46 Å². The van der Waals surface area contributed by atoms with Crippen LogP contribution in [0.3, 0.4) is 0 Å². The number of ether oxygens (including phenoxy) is 1. The molecule has 0 heterocycles. The van der Waals surface area contributed by atoms with Gasteiger partial charge in [0.15, 0.2) is 0 Å². The molecule has 0 amide bonds. The van der Waals surface area contributed by atoms with Crippen LogP contribution < -0.4 is 0 Å². The molecular weight excluding hydrogens is 423 g/mol. The molecule has 1 unspecified atom stereocenters. The van der Waals surface area contributed by atoms with Gasteiger partial charge >= 0.3 is 7.82 Å². The van der Waals surface area contributed by atoms with E-state index in [-0.39, 0.29) is 19.3 Å². The van der Waals surface area contributed by atoms with Crippen molar-refractivity contribution in [3.05, 3.63) is 18.6 Å². The third kappa shape index (κ3) is 17.3. The van der Waals surface area contributed by atoms with Crippen molar-refractivity contribution >= 4 is 7.82 Å². The Bertz CT molecular complexity index is 498. The summed E-state index contributed by atoms with van der Waals surface area (Å²) in [4.78, 5) is 9.32. The van der Waals surface area contributed by atoms with Crippen LogP contribution in [-0.4, -0.2) is 30.8 Å². The Labute approximate surface area is 198 Å².